The number of thioether (sulfide) groups is 1. The molecule has 0 aromatic rings. The summed E-state index contributed by atoms with van der Waals surface area (Å²) in [6, 6.07) is -0.998. The van der Waals surface area contributed by atoms with E-state index >= 15 is 0 Å². The summed E-state index contributed by atoms with van der Waals surface area (Å²) in [5.74, 6) is -0.0112. The Morgan fingerprint density at radius 3 is 2.83 bits per heavy atom. The van der Waals surface area contributed by atoms with E-state index in [4.69, 9.17) is 5.11 Å². The van der Waals surface area contributed by atoms with E-state index in [0.29, 0.717) is 11.6 Å². The number of hydrogen-bond donors (Lipinski definition) is 2. The van der Waals surface area contributed by atoms with Gasteiger partial charge in [-0.05, 0) is 0 Å². The maximum absolute atomic E-state index is 11.1. The monoisotopic (exact) mass is 190 g/mol. The van der Waals surface area contributed by atoms with Gasteiger partial charge < -0.3 is 15.3 Å². The van der Waals surface area contributed by atoms with E-state index in [-0.39, 0.29) is 6.03 Å². The Hall–Kier alpha value is -0.910. The average Bonchev–Trinajstić information content (AvgIpc) is 2.50. The van der Waals surface area contributed by atoms with Crippen LogP contribution in [-0.2, 0) is 4.79 Å². The lowest BCUT2D eigenvalue weighted by Crippen LogP contribution is -2.45. The van der Waals surface area contributed by atoms with Crippen molar-refractivity contribution in [3.05, 3.63) is 0 Å². The Morgan fingerprint density at radius 1 is 1.67 bits per heavy atom. The van der Waals surface area contributed by atoms with Gasteiger partial charge in [0.1, 0.15) is 6.04 Å². The van der Waals surface area contributed by atoms with Crippen molar-refractivity contribution in [2.75, 3.05) is 18.7 Å². The number of carboxylic acid groups (broad SMARTS) is 1. The molecule has 5 nitrogen and oxygen atoms in total. The molecule has 0 aromatic heterocycles. The minimum absolute atomic E-state index is 0.326. The Balaban J connectivity index is 2.63. The van der Waals surface area contributed by atoms with Crippen LogP contribution in [0.2, 0.25) is 0 Å². The van der Waals surface area contributed by atoms with Gasteiger partial charge in [-0.3, -0.25) is 0 Å². The summed E-state index contributed by atoms with van der Waals surface area (Å²) in [4.78, 5) is 23.0. The number of carboxylic acids is 1. The first-order valence-corrected chi connectivity index (χ1v) is 4.61. The highest BCUT2D eigenvalue weighted by atomic mass is 32.2. The SMILES string of the molecule is CNC(=O)N1CSC[C@@H]1C(=O)O. The molecule has 1 saturated heterocycles. The number of urea groups is 1. The zero-order chi connectivity index (χ0) is 9.14. The van der Waals surface area contributed by atoms with Gasteiger partial charge >= 0.3 is 12.0 Å². The molecule has 1 heterocycles. The van der Waals surface area contributed by atoms with E-state index in [9.17, 15) is 9.59 Å². The van der Waals surface area contributed by atoms with Crippen molar-refractivity contribution < 1.29 is 14.7 Å². The smallest absolute Gasteiger partial charge is 0.327 e. The zero-order valence-corrected chi connectivity index (χ0v) is 7.43. The molecule has 2 amide bonds. The van der Waals surface area contributed by atoms with Gasteiger partial charge in [0.25, 0.3) is 0 Å². The number of aliphatic carboxylic acids is 1. The summed E-state index contributed by atoms with van der Waals surface area (Å²) in [7, 11) is 1.49. The quantitative estimate of drug-likeness (QED) is 0.600. The zero-order valence-electron chi connectivity index (χ0n) is 6.61. The fraction of sp³-hybridized carbons (Fsp3) is 0.667. The van der Waals surface area contributed by atoms with Crippen molar-refractivity contribution in [2.45, 2.75) is 6.04 Å². The third kappa shape index (κ3) is 1.63. The highest BCUT2D eigenvalue weighted by Gasteiger charge is 2.33. The molecule has 0 saturated carbocycles. The van der Waals surface area contributed by atoms with Crippen molar-refractivity contribution in [3.63, 3.8) is 0 Å². The molecule has 0 spiro atoms. The molecule has 12 heavy (non-hydrogen) atoms. The molecule has 2 N–H and O–H groups in total. The van der Waals surface area contributed by atoms with Gasteiger partial charge in [0.05, 0.1) is 5.88 Å². The lowest BCUT2D eigenvalue weighted by molar-refractivity contribution is -0.140. The highest BCUT2D eigenvalue weighted by molar-refractivity contribution is 7.99. The first-order valence-electron chi connectivity index (χ1n) is 3.45. The van der Waals surface area contributed by atoms with Crippen molar-refractivity contribution >= 4 is 23.8 Å². The van der Waals surface area contributed by atoms with Gasteiger partial charge in [0.15, 0.2) is 0 Å². The minimum Gasteiger partial charge on any atom is -0.480 e. The topological polar surface area (TPSA) is 69.6 Å². The van der Waals surface area contributed by atoms with Crippen LogP contribution in [0.5, 0.6) is 0 Å². The molecule has 0 aromatic carbocycles. The molecule has 0 unspecified atom stereocenters. The van der Waals surface area contributed by atoms with E-state index in [1.54, 1.807) is 0 Å². The molecule has 0 aliphatic carbocycles. The molecule has 0 radical (unpaired) electrons. The normalized spacial score (nSPS) is 22.4. The van der Waals surface area contributed by atoms with Crippen molar-refractivity contribution in [1.82, 2.24) is 10.2 Å². The van der Waals surface area contributed by atoms with Crippen LogP contribution in [0.15, 0.2) is 0 Å². The van der Waals surface area contributed by atoms with E-state index in [0.717, 1.165) is 0 Å². The molecule has 1 rings (SSSR count). The maximum Gasteiger partial charge on any atom is 0.327 e. The number of hydrogen-bond acceptors (Lipinski definition) is 3. The standard InChI is InChI=1S/C6H10N2O3S/c1-7-6(11)8-3-12-2-4(8)5(9)10/h4H,2-3H2,1H3,(H,7,11)(H,9,10)/t4-/m1/s1. The number of rotatable bonds is 1. The summed E-state index contributed by atoms with van der Waals surface area (Å²) in [5.41, 5.74) is 0. The number of carbonyl (C=O) groups excluding carboxylic acids is 1. The second-order valence-electron chi connectivity index (χ2n) is 2.38. The molecule has 1 aliphatic heterocycles. The fourth-order valence-electron chi connectivity index (χ4n) is 0.991. The average molecular weight is 190 g/mol. The van der Waals surface area contributed by atoms with Crippen LogP contribution in [0.1, 0.15) is 0 Å². The van der Waals surface area contributed by atoms with Gasteiger partial charge in [-0.15, -0.1) is 11.8 Å². The third-order valence-corrected chi connectivity index (χ3v) is 2.65. The molecule has 1 fully saturated rings. The van der Waals surface area contributed by atoms with E-state index in [2.05, 4.69) is 5.32 Å². The highest BCUT2D eigenvalue weighted by Crippen LogP contribution is 2.20. The lowest BCUT2D eigenvalue weighted by atomic mass is 10.3. The van der Waals surface area contributed by atoms with Crippen molar-refractivity contribution in [3.8, 4) is 0 Å². The molecule has 0 bridgehead atoms. The second kappa shape index (κ2) is 3.66. The Labute approximate surface area is 74.1 Å². The predicted octanol–water partition coefficient (Wildman–Crippen LogP) is -0.215. The van der Waals surface area contributed by atoms with Gasteiger partial charge in [0, 0.05) is 12.8 Å². The van der Waals surface area contributed by atoms with E-state index in [1.165, 1.54) is 23.7 Å². The third-order valence-electron chi connectivity index (χ3n) is 1.64. The summed E-state index contributed by atoms with van der Waals surface area (Å²) in [5, 5.41) is 11.1. The van der Waals surface area contributed by atoms with E-state index in [1.807, 2.05) is 0 Å². The van der Waals surface area contributed by atoms with Crippen LogP contribution in [0.4, 0.5) is 4.79 Å². The van der Waals surface area contributed by atoms with E-state index < -0.39 is 12.0 Å². The molecule has 6 heteroatoms. The first kappa shape index (κ1) is 9.18. The number of amides is 2. The largest absolute Gasteiger partial charge is 0.480 e. The van der Waals surface area contributed by atoms with Crippen molar-refractivity contribution in [1.29, 1.82) is 0 Å². The molecular weight excluding hydrogens is 180 g/mol. The fourth-order valence-corrected chi connectivity index (χ4v) is 2.14. The first-order chi connectivity index (χ1) is 5.66. The molecule has 1 aliphatic rings. The lowest BCUT2D eigenvalue weighted by Gasteiger charge is -2.19. The summed E-state index contributed by atoms with van der Waals surface area (Å²) in [6.45, 7) is 0. The number of carbonyl (C=O) groups is 2. The van der Waals surface area contributed by atoms with Crippen LogP contribution in [-0.4, -0.2) is 46.7 Å². The van der Waals surface area contributed by atoms with Crippen LogP contribution in [0, 0.1) is 0 Å². The number of nitrogens with one attached hydrogen (secondary N) is 1. The van der Waals surface area contributed by atoms with Gasteiger partial charge in [0.2, 0.25) is 0 Å². The summed E-state index contributed by atoms with van der Waals surface area (Å²) < 4.78 is 0. The van der Waals surface area contributed by atoms with Crippen LogP contribution >= 0.6 is 11.8 Å². The summed E-state index contributed by atoms with van der Waals surface area (Å²) >= 11 is 1.45. The molecular formula is C6H10N2O3S. The van der Waals surface area contributed by atoms with Crippen LogP contribution < -0.4 is 5.32 Å². The second-order valence-corrected chi connectivity index (χ2v) is 3.38. The molecule has 1 atom stereocenters. The number of nitrogens with zero attached hydrogens (tertiary/aromatic N) is 1. The predicted molar refractivity (Wildman–Crippen MR) is 45.0 cm³/mol. The van der Waals surface area contributed by atoms with Crippen LogP contribution in [0.3, 0.4) is 0 Å². The maximum atomic E-state index is 11.1. The Morgan fingerprint density at radius 2 is 2.33 bits per heavy atom. The van der Waals surface area contributed by atoms with Gasteiger partial charge in [-0.2, -0.15) is 0 Å². The minimum atomic E-state index is -0.941. The van der Waals surface area contributed by atoms with Crippen LogP contribution in [0.25, 0.3) is 0 Å². The van der Waals surface area contributed by atoms with Crippen molar-refractivity contribution in [2.24, 2.45) is 0 Å². The Bertz CT molecular complexity index is 209. The Kier molecular flexibility index (Phi) is 2.80. The summed E-state index contributed by atoms with van der Waals surface area (Å²) in [6.07, 6.45) is 0. The van der Waals surface area contributed by atoms with Gasteiger partial charge in [-0.1, -0.05) is 0 Å². The van der Waals surface area contributed by atoms with Gasteiger partial charge in [-0.25, -0.2) is 9.59 Å². The molecule has 68 valence electrons.